The van der Waals surface area contributed by atoms with Gasteiger partial charge >= 0.3 is 0 Å². The zero-order valence-electron chi connectivity index (χ0n) is 17.8. The van der Waals surface area contributed by atoms with Crippen LogP contribution in [0.25, 0.3) is 0 Å². The van der Waals surface area contributed by atoms with Crippen LogP contribution < -0.4 is 19.5 Å². The number of amides is 1. The van der Waals surface area contributed by atoms with E-state index in [9.17, 15) is 9.59 Å². The van der Waals surface area contributed by atoms with E-state index in [1.807, 2.05) is 6.07 Å². The van der Waals surface area contributed by atoms with Crippen LogP contribution in [0.5, 0.6) is 17.2 Å². The van der Waals surface area contributed by atoms with Crippen LogP contribution >= 0.6 is 0 Å². The molecule has 0 aliphatic rings. The quantitative estimate of drug-likeness (QED) is 0.411. The highest BCUT2D eigenvalue weighted by molar-refractivity contribution is 6.09. The molecule has 3 aromatic carbocycles. The van der Waals surface area contributed by atoms with Crippen molar-refractivity contribution in [3.8, 4) is 23.3 Å². The molecule has 162 valence electrons. The van der Waals surface area contributed by atoms with Crippen molar-refractivity contribution in [2.75, 3.05) is 27.4 Å². The van der Waals surface area contributed by atoms with Gasteiger partial charge in [-0.25, -0.2) is 0 Å². The van der Waals surface area contributed by atoms with E-state index in [-0.39, 0.29) is 18.3 Å². The number of ketones is 1. The normalized spacial score (nSPS) is 10.0. The maximum atomic E-state index is 12.8. The van der Waals surface area contributed by atoms with E-state index in [0.29, 0.717) is 46.0 Å². The molecule has 3 rings (SSSR count). The minimum Gasteiger partial charge on any atom is -0.493 e. The van der Waals surface area contributed by atoms with Crippen molar-refractivity contribution >= 4 is 11.7 Å². The second-order valence-electron chi connectivity index (χ2n) is 6.72. The van der Waals surface area contributed by atoms with Gasteiger partial charge in [0.05, 0.1) is 32.4 Å². The largest absolute Gasteiger partial charge is 0.493 e. The van der Waals surface area contributed by atoms with Crippen LogP contribution in [-0.4, -0.2) is 39.1 Å². The number of hydrogen-bond acceptors (Lipinski definition) is 6. The summed E-state index contributed by atoms with van der Waals surface area (Å²) in [6, 6.07) is 20.2. The number of nitrogens with zero attached hydrogens (tertiary/aromatic N) is 1. The predicted octanol–water partition coefficient (Wildman–Crippen LogP) is 3.62. The van der Waals surface area contributed by atoms with Gasteiger partial charge in [-0.05, 0) is 48.5 Å². The second kappa shape index (κ2) is 10.6. The Morgan fingerprint density at radius 2 is 1.56 bits per heavy atom. The van der Waals surface area contributed by atoms with Crippen molar-refractivity contribution in [1.82, 2.24) is 5.32 Å². The number of nitriles is 1. The molecule has 7 nitrogen and oxygen atoms in total. The van der Waals surface area contributed by atoms with Crippen LogP contribution in [-0.2, 0) is 0 Å². The lowest BCUT2D eigenvalue weighted by Gasteiger charge is -2.10. The van der Waals surface area contributed by atoms with Gasteiger partial charge in [0.2, 0.25) is 0 Å². The van der Waals surface area contributed by atoms with Crippen molar-refractivity contribution in [2.45, 2.75) is 0 Å². The fourth-order valence-corrected chi connectivity index (χ4v) is 3.01. The highest BCUT2D eigenvalue weighted by Crippen LogP contribution is 2.28. The van der Waals surface area contributed by atoms with Crippen molar-refractivity contribution in [1.29, 1.82) is 5.26 Å². The molecule has 0 atom stereocenters. The van der Waals surface area contributed by atoms with Gasteiger partial charge in [0.15, 0.2) is 17.3 Å². The fraction of sp³-hybridized carbons (Fsp3) is 0.160. The van der Waals surface area contributed by atoms with Gasteiger partial charge in [0, 0.05) is 16.7 Å². The van der Waals surface area contributed by atoms with Gasteiger partial charge in [-0.2, -0.15) is 5.26 Å². The number of methoxy groups -OCH3 is 2. The Morgan fingerprint density at radius 1 is 0.875 bits per heavy atom. The minimum absolute atomic E-state index is 0.189. The minimum atomic E-state index is -0.274. The van der Waals surface area contributed by atoms with Crippen LogP contribution in [0, 0.1) is 11.3 Å². The van der Waals surface area contributed by atoms with Gasteiger partial charge in [0.25, 0.3) is 5.91 Å². The first-order chi connectivity index (χ1) is 15.5. The maximum absolute atomic E-state index is 12.8. The molecular weight excluding hydrogens is 408 g/mol. The molecule has 0 fully saturated rings. The lowest BCUT2D eigenvalue weighted by molar-refractivity contribution is 0.0945. The molecule has 0 bridgehead atoms. The number of nitrogens with one attached hydrogen (secondary N) is 1. The summed E-state index contributed by atoms with van der Waals surface area (Å²) in [6.45, 7) is 0.554. The summed E-state index contributed by atoms with van der Waals surface area (Å²) in [7, 11) is 3.04. The van der Waals surface area contributed by atoms with Crippen LogP contribution in [0.1, 0.15) is 31.8 Å². The molecule has 3 aromatic rings. The number of benzene rings is 3. The van der Waals surface area contributed by atoms with Crippen molar-refractivity contribution in [3.63, 3.8) is 0 Å². The van der Waals surface area contributed by atoms with Gasteiger partial charge in [-0.1, -0.05) is 18.2 Å². The summed E-state index contributed by atoms with van der Waals surface area (Å²) in [6.07, 6.45) is 0. The molecule has 0 radical (unpaired) electrons. The molecule has 0 spiro atoms. The highest BCUT2D eigenvalue weighted by Gasteiger charge is 2.14. The summed E-state index contributed by atoms with van der Waals surface area (Å²) in [5, 5.41) is 11.7. The van der Waals surface area contributed by atoms with Gasteiger partial charge in [0.1, 0.15) is 12.4 Å². The molecule has 0 unspecified atom stereocenters. The lowest BCUT2D eigenvalue weighted by atomic mass is 10.0. The number of carbonyl (C=O) groups is 2. The first kappa shape index (κ1) is 22.4. The van der Waals surface area contributed by atoms with E-state index in [2.05, 4.69) is 5.32 Å². The Balaban J connectivity index is 1.56. The summed E-state index contributed by atoms with van der Waals surface area (Å²) < 4.78 is 16.0. The summed E-state index contributed by atoms with van der Waals surface area (Å²) in [5.41, 5.74) is 1.85. The van der Waals surface area contributed by atoms with Gasteiger partial charge < -0.3 is 19.5 Å². The third-order valence-corrected chi connectivity index (χ3v) is 4.67. The van der Waals surface area contributed by atoms with Crippen molar-refractivity contribution < 1.29 is 23.8 Å². The lowest BCUT2D eigenvalue weighted by Crippen LogP contribution is -2.28. The van der Waals surface area contributed by atoms with E-state index in [1.54, 1.807) is 66.7 Å². The Bertz CT molecular complexity index is 1150. The summed E-state index contributed by atoms with van der Waals surface area (Å²) >= 11 is 0. The predicted molar refractivity (Wildman–Crippen MR) is 118 cm³/mol. The fourth-order valence-electron chi connectivity index (χ4n) is 3.01. The third kappa shape index (κ3) is 5.43. The molecule has 0 heterocycles. The van der Waals surface area contributed by atoms with E-state index < -0.39 is 0 Å². The molecule has 0 aliphatic carbocycles. The van der Waals surface area contributed by atoms with Gasteiger partial charge in [-0.15, -0.1) is 0 Å². The Morgan fingerprint density at radius 3 is 2.25 bits per heavy atom. The van der Waals surface area contributed by atoms with E-state index in [4.69, 9.17) is 19.5 Å². The summed E-state index contributed by atoms with van der Waals surface area (Å²) in [4.78, 5) is 25.1. The SMILES string of the molecule is COc1ccc(C(=O)c2ccc(C(=O)NCCOc3cccc(C#N)c3)cc2)cc1OC. The summed E-state index contributed by atoms with van der Waals surface area (Å²) in [5.74, 6) is 1.11. The van der Waals surface area contributed by atoms with Crippen LogP contribution in [0.2, 0.25) is 0 Å². The molecule has 0 saturated carbocycles. The molecule has 0 saturated heterocycles. The van der Waals surface area contributed by atoms with Crippen LogP contribution in [0.3, 0.4) is 0 Å². The van der Waals surface area contributed by atoms with Crippen molar-refractivity contribution in [2.24, 2.45) is 0 Å². The zero-order chi connectivity index (χ0) is 22.9. The molecule has 0 aliphatic heterocycles. The Hall–Kier alpha value is -4.31. The van der Waals surface area contributed by atoms with E-state index in [0.717, 1.165) is 0 Å². The highest BCUT2D eigenvalue weighted by atomic mass is 16.5. The monoisotopic (exact) mass is 430 g/mol. The van der Waals surface area contributed by atoms with Crippen LogP contribution in [0.4, 0.5) is 0 Å². The number of hydrogen-bond donors (Lipinski definition) is 1. The Kier molecular flexibility index (Phi) is 7.44. The van der Waals surface area contributed by atoms with E-state index in [1.165, 1.54) is 14.2 Å². The topological polar surface area (TPSA) is 97.7 Å². The standard InChI is InChI=1S/C25H22N2O5/c1-30-22-11-10-20(15-23(22)31-2)24(28)18-6-8-19(9-7-18)25(29)27-12-13-32-21-5-3-4-17(14-21)16-26/h3-11,14-15H,12-13H2,1-2H3,(H,27,29). The molecule has 32 heavy (non-hydrogen) atoms. The smallest absolute Gasteiger partial charge is 0.251 e. The third-order valence-electron chi connectivity index (χ3n) is 4.67. The van der Waals surface area contributed by atoms with Gasteiger partial charge in [-0.3, -0.25) is 9.59 Å². The average molecular weight is 430 g/mol. The number of carbonyl (C=O) groups excluding carboxylic acids is 2. The molecule has 1 amide bonds. The number of rotatable bonds is 9. The first-order valence-corrected chi connectivity index (χ1v) is 9.83. The van der Waals surface area contributed by atoms with Crippen molar-refractivity contribution in [3.05, 3.63) is 89.0 Å². The molecule has 1 N–H and O–H groups in total. The van der Waals surface area contributed by atoms with Crippen LogP contribution in [0.15, 0.2) is 66.7 Å². The first-order valence-electron chi connectivity index (χ1n) is 9.83. The maximum Gasteiger partial charge on any atom is 0.251 e. The van der Waals surface area contributed by atoms with E-state index >= 15 is 0 Å². The molecular formula is C25H22N2O5. The second-order valence-corrected chi connectivity index (χ2v) is 6.72. The zero-order valence-corrected chi connectivity index (χ0v) is 17.8. The number of ether oxygens (including phenoxy) is 3. The average Bonchev–Trinajstić information content (AvgIpc) is 2.85. The Labute approximate surface area is 186 Å². The molecule has 7 heteroatoms. The molecule has 0 aromatic heterocycles.